The molecular formula is C11H14N2O. The third-order valence-electron chi connectivity index (χ3n) is 2.83. The average molecular weight is 190 g/mol. The molecule has 3 atom stereocenters. The fourth-order valence-corrected chi connectivity index (χ4v) is 1.81. The number of rotatable bonds is 1. The van der Waals surface area contributed by atoms with Crippen LogP contribution in [-0.2, 0) is 4.79 Å². The van der Waals surface area contributed by atoms with Crippen molar-refractivity contribution >= 4 is 5.91 Å². The Kier molecular flexibility index (Phi) is 2.25. The lowest BCUT2D eigenvalue weighted by Crippen LogP contribution is -2.31. The minimum Gasteiger partial charge on any atom is -0.347 e. The quantitative estimate of drug-likeness (QED) is 0.689. The molecule has 3 N–H and O–H groups in total. The number of amides is 1. The van der Waals surface area contributed by atoms with Crippen LogP contribution in [0, 0.1) is 5.92 Å². The molecule has 1 aromatic rings. The normalized spacial score (nSPS) is 31.6. The molecule has 3 heteroatoms. The van der Waals surface area contributed by atoms with E-state index >= 15 is 0 Å². The summed E-state index contributed by atoms with van der Waals surface area (Å²) in [6.45, 7) is 1.86. The first-order valence-electron chi connectivity index (χ1n) is 4.81. The maximum Gasteiger partial charge on any atom is 0.225 e. The molecule has 3 nitrogen and oxygen atoms in total. The average Bonchev–Trinajstić information content (AvgIpc) is 2.47. The number of nitrogens with one attached hydrogen (secondary N) is 1. The number of carbonyl (C=O) groups excluding carboxylic acids is 1. The monoisotopic (exact) mass is 190 g/mol. The summed E-state index contributed by atoms with van der Waals surface area (Å²) in [7, 11) is 0. The van der Waals surface area contributed by atoms with Crippen molar-refractivity contribution in [3.63, 3.8) is 0 Å². The molecule has 0 bridgehead atoms. The van der Waals surface area contributed by atoms with Crippen molar-refractivity contribution in [2.75, 3.05) is 0 Å². The molecule has 14 heavy (non-hydrogen) atoms. The van der Waals surface area contributed by atoms with Crippen LogP contribution in [0.25, 0.3) is 0 Å². The smallest absolute Gasteiger partial charge is 0.225 e. The molecule has 1 saturated heterocycles. The van der Waals surface area contributed by atoms with E-state index in [1.807, 2.05) is 37.3 Å². The number of hydrogen-bond donors (Lipinski definition) is 2. The lowest BCUT2D eigenvalue weighted by atomic mass is 9.96. The molecule has 1 amide bonds. The van der Waals surface area contributed by atoms with Crippen LogP contribution in [0.2, 0.25) is 0 Å². The van der Waals surface area contributed by atoms with Crippen LogP contribution in [0.4, 0.5) is 0 Å². The second-order valence-electron chi connectivity index (χ2n) is 3.76. The highest BCUT2D eigenvalue weighted by Gasteiger charge is 2.37. The fourth-order valence-electron chi connectivity index (χ4n) is 1.81. The van der Waals surface area contributed by atoms with E-state index in [0.29, 0.717) is 0 Å². The third-order valence-corrected chi connectivity index (χ3v) is 2.83. The number of benzene rings is 1. The van der Waals surface area contributed by atoms with Gasteiger partial charge in [-0.15, -0.1) is 0 Å². The highest BCUT2D eigenvalue weighted by molar-refractivity contribution is 5.82. The fraction of sp³-hybridized carbons (Fsp3) is 0.364. The molecule has 2 rings (SSSR count). The van der Waals surface area contributed by atoms with Crippen molar-refractivity contribution in [3.05, 3.63) is 35.9 Å². The van der Waals surface area contributed by atoms with Crippen LogP contribution in [0.1, 0.15) is 18.5 Å². The standard InChI is InChI=1S/C11H14N2O/c1-7-9(12)10(13-11(7)14)8-5-3-2-4-6-8/h2-7,9-10H,12H2,1H3,(H,13,14)/t7?,9-,10?/m0/s1. The SMILES string of the molecule is CC1C(=O)NC(c2ccccc2)[C@H]1N. The van der Waals surface area contributed by atoms with Crippen molar-refractivity contribution in [3.8, 4) is 0 Å². The summed E-state index contributed by atoms with van der Waals surface area (Å²) in [6.07, 6.45) is 0. The molecule has 0 aliphatic carbocycles. The zero-order valence-electron chi connectivity index (χ0n) is 8.10. The molecule has 1 aliphatic rings. The van der Waals surface area contributed by atoms with Gasteiger partial charge in [-0.3, -0.25) is 4.79 Å². The summed E-state index contributed by atoms with van der Waals surface area (Å²) in [5.74, 6) is -0.0495. The summed E-state index contributed by atoms with van der Waals surface area (Å²) in [5, 5.41) is 2.91. The Balaban J connectivity index is 2.26. The summed E-state index contributed by atoms with van der Waals surface area (Å²) in [5.41, 5.74) is 7.04. The zero-order chi connectivity index (χ0) is 10.1. The predicted molar refractivity (Wildman–Crippen MR) is 54.5 cm³/mol. The molecule has 1 heterocycles. The molecule has 0 aromatic heterocycles. The van der Waals surface area contributed by atoms with Gasteiger partial charge in [0.15, 0.2) is 0 Å². The van der Waals surface area contributed by atoms with Gasteiger partial charge in [0.2, 0.25) is 5.91 Å². The van der Waals surface area contributed by atoms with E-state index in [1.165, 1.54) is 0 Å². The van der Waals surface area contributed by atoms with Gasteiger partial charge in [-0.1, -0.05) is 37.3 Å². The van der Waals surface area contributed by atoms with E-state index in [9.17, 15) is 4.79 Å². The van der Waals surface area contributed by atoms with Crippen molar-refractivity contribution < 1.29 is 4.79 Å². The van der Waals surface area contributed by atoms with E-state index in [0.717, 1.165) is 5.56 Å². The van der Waals surface area contributed by atoms with Gasteiger partial charge in [-0.25, -0.2) is 0 Å². The molecule has 0 spiro atoms. The highest BCUT2D eigenvalue weighted by Crippen LogP contribution is 2.26. The van der Waals surface area contributed by atoms with Crippen LogP contribution >= 0.6 is 0 Å². The molecule has 2 unspecified atom stereocenters. The van der Waals surface area contributed by atoms with Gasteiger partial charge in [-0.05, 0) is 5.56 Å². The summed E-state index contributed by atoms with van der Waals surface area (Å²) >= 11 is 0. The molecule has 1 aromatic carbocycles. The van der Waals surface area contributed by atoms with Crippen LogP contribution in [0.15, 0.2) is 30.3 Å². The summed E-state index contributed by atoms with van der Waals surface area (Å²) in [6, 6.07) is 9.69. The topological polar surface area (TPSA) is 55.1 Å². The molecule has 74 valence electrons. The number of hydrogen-bond acceptors (Lipinski definition) is 2. The van der Waals surface area contributed by atoms with Gasteiger partial charge in [-0.2, -0.15) is 0 Å². The third kappa shape index (κ3) is 1.40. The first-order valence-corrected chi connectivity index (χ1v) is 4.81. The van der Waals surface area contributed by atoms with Crippen molar-refractivity contribution in [2.24, 2.45) is 11.7 Å². The van der Waals surface area contributed by atoms with E-state index in [2.05, 4.69) is 5.32 Å². The number of nitrogens with two attached hydrogens (primary N) is 1. The zero-order valence-corrected chi connectivity index (χ0v) is 8.10. The first kappa shape index (κ1) is 9.21. The van der Waals surface area contributed by atoms with Crippen molar-refractivity contribution in [1.29, 1.82) is 0 Å². The Labute approximate surface area is 83.3 Å². The van der Waals surface area contributed by atoms with Crippen molar-refractivity contribution in [1.82, 2.24) is 5.32 Å². The summed E-state index contributed by atoms with van der Waals surface area (Å²) in [4.78, 5) is 11.4. The molecule has 1 aliphatic heterocycles. The van der Waals surface area contributed by atoms with Gasteiger partial charge < -0.3 is 11.1 Å². The Hall–Kier alpha value is -1.35. The number of carbonyl (C=O) groups is 1. The molecule has 0 saturated carbocycles. The predicted octanol–water partition coefficient (Wildman–Crippen LogP) is 0.821. The van der Waals surface area contributed by atoms with Crippen LogP contribution in [0.5, 0.6) is 0 Å². The van der Waals surface area contributed by atoms with Gasteiger partial charge in [0, 0.05) is 6.04 Å². The Morgan fingerprint density at radius 2 is 1.93 bits per heavy atom. The molecule has 0 radical (unpaired) electrons. The highest BCUT2D eigenvalue weighted by atomic mass is 16.2. The second kappa shape index (κ2) is 3.42. The Bertz CT molecular complexity index is 336. The van der Waals surface area contributed by atoms with Gasteiger partial charge in [0.1, 0.15) is 0 Å². The summed E-state index contributed by atoms with van der Waals surface area (Å²) < 4.78 is 0. The lowest BCUT2D eigenvalue weighted by Gasteiger charge is -2.16. The minimum atomic E-state index is -0.120. The van der Waals surface area contributed by atoms with Crippen LogP contribution in [0.3, 0.4) is 0 Å². The maximum atomic E-state index is 11.4. The minimum absolute atomic E-state index is 0.0290. The Morgan fingerprint density at radius 3 is 2.43 bits per heavy atom. The van der Waals surface area contributed by atoms with E-state index < -0.39 is 0 Å². The largest absolute Gasteiger partial charge is 0.347 e. The lowest BCUT2D eigenvalue weighted by molar-refractivity contribution is -0.122. The van der Waals surface area contributed by atoms with Crippen LogP contribution < -0.4 is 11.1 Å². The van der Waals surface area contributed by atoms with E-state index in [4.69, 9.17) is 5.73 Å². The molecule has 1 fully saturated rings. The van der Waals surface area contributed by atoms with Crippen LogP contribution in [-0.4, -0.2) is 11.9 Å². The maximum absolute atomic E-state index is 11.4. The van der Waals surface area contributed by atoms with E-state index in [1.54, 1.807) is 0 Å². The van der Waals surface area contributed by atoms with Crippen molar-refractivity contribution in [2.45, 2.75) is 19.0 Å². The van der Waals surface area contributed by atoms with E-state index in [-0.39, 0.29) is 23.9 Å². The molecular weight excluding hydrogens is 176 g/mol. The first-order chi connectivity index (χ1) is 6.70. The van der Waals surface area contributed by atoms with Gasteiger partial charge in [0.25, 0.3) is 0 Å². The Morgan fingerprint density at radius 1 is 1.29 bits per heavy atom. The van der Waals surface area contributed by atoms with Gasteiger partial charge >= 0.3 is 0 Å². The van der Waals surface area contributed by atoms with Gasteiger partial charge in [0.05, 0.1) is 12.0 Å². The second-order valence-corrected chi connectivity index (χ2v) is 3.76.